The minimum absolute atomic E-state index is 0.629. The van der Waals surface area contributed by atoms with Crippen molar-refractivity contribution in [3.05, 3.63) is 84.2 Å². The lowest BCUT2D eigenvalue weighted by Gasteiger charge is -2.06. The van der Waals surface area contributed by atoms with E-state index in [-0.39, 0.29) is 0 Å². The Morgan fingerprint density at radius 2 is 1.50 bits per heavy atom. The van der Waals surface area contributed by atoms with E-state index in [9.17, 15) is 0 Å². The lowest BCUT2D eigenvalue weighted by atomic mass is 10.1. The van der Waals surface area contributed by atoms with Crippen molar-refractivity contribution in [2.24, 2.45) is 0 Å². The summed E-state index contributed by atoms with van der Waals surface area (Å²) in [6.45, 7) is 0. The zero-order valence-electron chi connectivity index (χ0n) is 11.0. The van der Waals surface area contributed by atoms with Crippen LogP contribution in [0.1, 0.15) is 11.3 Å². The summed E-state index contributed by atoms with van der Waals surface area (Å²) >= 11 is 0. The number of aromatic nitrogens is 2. The third kappa shape index (κ3) is 3.20. The van der Waals surface area contributed by atoms with Gasteiger partial charge in [0.05, 0.1) is 5.69 Å². The molecule has 0 aliphatic carbocycles. The molecule has 0 atom stereocenters. The van der Waals surface area contributed by atoms with E-state index in [1.807, 2.05) is 54.6 Å². The van der Waals surface area contributed by atoms with Crippen LogP contribution in [-0.4, -0.2) is 9.97 Å². The lowest BCUT2D eigenvalue weighted by Crippen LogP contribution is -2.00. The minimum Gasteiger partial charge on any atom is -0.324 e. The van der Waals surface area contributed by atoms with Gasteiger partial charge >= 0.3 is 0 Å². The summed E-state index contributed by atoms with van der Waals surface area (Å²) in [4.78, 5) is 8.80. The lowest BCUT2D eigenvalue weighted by molar-refractivity contribution is 1.03. The molecule has 20 heavy (non-hydrogen) atoms. The van der Waals surface area contributed by atoms with Crippen LogP contribution in [0.15, 0.2) is 72.9 Å². The number of hydrogen-bond donors (Lipinski definition) is 1. The zero-order valence-corrected chi connectivity index (χ0v) is 11.0. The van der Waals surface area contributed by atoms with E-state index in [1.165, 1.54) is 5.56 Å². The monoisotopic (exact) mass is 261 g/mol. The predicted octanol–water partition coefficient (Wildman–Crippen LogP) is 3.81. The van der Waals surface area contributed by atoms with Gasteiger partial charge in [0.25, 0.3) is 0 Å². The van der Waals surface area contributed by atoms with Crippen LogP contribution in [-0.2, 0) is 6.42 Å². The minimum atomic E-state index is 0.629. The van der Waals surface area contributed by atoms with Gasteiger partial charge in [0.2, 0.25) is 5.95 Å². The molecule has 3 nitrogen and oxygen atoms in total. The summed E-state index contributed by atoms with van der Waals surface area (Å²) in [7, 11) is 0. The molecule has 1 heterocycles. The van der Waals surface area contributed by atoms with Crippen molar-refractivity contribution in [2.45, 2.75) is 6.42 Å². The van der Waals surface area contributed by atoms with Gasteiger partial charge in [0.15, 0.2) is 0 Å². The van der Waals surface area contributed by atoms with Crippen molar-refractivity contribution >= 4 is 11.6 Å². The largest absolute Gasteiger partial charge is 0.324 e. The Hall–Kier alpha value is -2.68. The fraction of sp³-hybridized carbons (Fsp3) is 0.0588. The van der Waals surface area contributed by atoms with Crippen LogP contribution < -0.4 is 5.32 Å². The molecule has 98 valence electrons. The summed E-state index contributed by atoms with van der Waals surface area (Å²) < 4.78 is 0. The number of hydrogen-bond acceptors (Lipinski definition) is 3. The zero-order chi connectivity index (χ0) is 13.6. The summed E-state index contributed by atoms with van der Waals surface area (Å²) in [5.41, 5.74) is 3.24. The average molecular weight is 261 g/mol. The highest BCUT2D eigenvalue weighted by Crippen LogP contribution is 2.13. The van der Waals surface area contributed by atoms with Gasteiger partial charge < -0.3 is 5.32 Å². The van der Waals surface area contributed by atoms with Gasteiger partial charge in [-0.3, -0.25) is 0 Å². The molecular formula is C17H15N3. The maximum atomic E-state index is 4.54. The van der Waals surface area contributed by atoms with Gasteiger partial charge in [0.1, 0.15) is 0 Å². The Labute approximate surface area is 118 Å². The molecule has 0 aliphatic heterocycles. The highest BCUT2D eigenvalue weighted by molar-refractivity contribution is 5.52. The topological polar surface area (TPSA) is 37.8 Å². The molecule has 3 heteroatoms. The second-order valence-corrected chi connectivity index (χ2v) is 4.52. The van der Waals surface area contributed by atoms with Crippen LogP contribution in [0.2, 0.25) is 0 Å². The fourth-order valence-electron chi connectivity index (χ4n) is 2.01. The number of nitrogens with zero attached hydrogens (tertiary/aromatic N) is 2. The number of anilines is 2. The molecule has 0 aliphatic rings. The van der Waals surface area contributed by atoms with Gasteiger partial charge in [-0.05, 0) is 23.8 Å². The van der Waals surface area contributed by atoms with Crippen LogP contribution in [0, 0.1) is 0 Å². The third-order valence-electron chi connectivity index (χ3n) is 2.97. The van der Waals surface area contributed by atoms with Crippen LogP contribution in [0.4, 0.5) is 11.6 Å². The van der Waals surface area contributed by atoms with Crippen molar-refractivity contribution < 1.29 is 0 Å². The second kappa shape index (κ2) is 5.97. The number of nitrogens with one attached hydrogen (secondary N) is 1. The first-order valence-electron chi connectivity index (χ1n) is 6.58. The SMILES string of the molecule is c1ccc(Cc2ccnc(Nc3ccccc3)n2)cc1. The molecule has 0 saturated heterocycles. The number of rotatable bonds is 4. The molecule has 1 aromatic heterocycles. The Morgan fingerprint density at radius 1 is 0.800 bits per heavy atom. The third-order valence-corrected chi connectivity index (χ3v) is 2.97. The molecule has 0 spiro atoms. The second-order valence-electron chi connectivity index (χ2n) is 4.52. The molecule has 3 aromatic rings. The molecule has 0 fully saturated rings. The van der Waals surface area contributed by atoms with Crippen molar-refractivity contribution in [2.75, 3.05) is 5.32 Å². The van der Waals surface area contributed by atoms with Gasteiger partial charge in [-0.15, -0.1) is 0 Å². The average Bonchev–Trinajstić information content (AvgIpc) is 2.50. The molecule has 0 bridgehead atoms. The van der Waals surface area contributed by atoms with Crippen LogP contribution >= 0.6 is 0 Å². The highest BCUT2D eigenvalue weighted by Gasteiger charge is 2.01. The van der Waals surface area contributed by atoms with E-state index >= 15 is 0 Å². The Balaban J connectivity index is 1.76. The van der Waals surface area contributed by atoms with Crippen LogP contribution in [0.5, 0.6) is 0 Å². The van der Waals surface area contributed by atoms with Gasteiger partial charge in [0, 0.05) is 18.3 Å². The van der Waals surface area contributed by atoms with Gasteiger partial charge in [-0.1, -0.05) is 48.5 Å². The molecule has 0 radical (unpaired) electrons. The first kappa shape index (κ1) is 12.4. The van der Waals surface area contributed by atoms with Crippen molar-refractivity contribution in [3.63, 3.8) is 0 Å². The van der Waals surface area contributed by atoms with Crippen molar-refractivity contribution in [3.8, 4) is 0 Å². The normalized spacial score (nSPS) is 10.2. The summed E-state index contributed by atoms with van der Waals surface area (Å²) in [5, 5.41) is 3.21. The van der Waals surface area contributed by atoms with Gasteiger partial charge in [-0.2, -0.15) is 0 Å². The molecule has 2 aromatic carbocycles. The molecule has 0 amide bonds. The summed E-state index contributed by atoms with van der Waals surface area (Å²) in [6.07, 6.45) is 2.60. The predicted molar refractivity (Wildman–Crippen MR) is 81.0 cm³/mol. The van der Waals surface area contributed by atoms with Crippen molar-refractivity contribution in [1.82, 2.24) is 9.97 Å². The van der Waals surface area contributed by atoms with E-state index in [4.69, 9.17) is 0 Å². The highest BCUT2D eigenvalue weighted by atomic mass is 15.1. The molecule has 1 N–H and O–H groups in total. The summed E-state index contributed by atoms with van der Waals surface area (Å²) in [5.74, 6) is 0.629. The number of para-hydroxylation sites is 1. The fourth-order valence-corrected chi connectivity index (χ4v) is 2.01. The molecular weight excluding hydrogens is 246 g/mol. The Kier molecular flexibility index (Phi) is 3.69. The van der Waals surface area contributed by atoms with E-state index in [0.29, 0.717) is 5.95 Å². The summed E-state index contributed by atoms with van der Waals surface area (Å²) in [6, 6.07) is 22.2. The Bertz CT molecular complexity index is 609. The van der Waals surface area contributed by atoms with E-state index in [0.717, 1.165) is 17.8 Å². The smallest absolute Gasteiger partial charge is 0.227 e. The van der Waals surface area contributed by atoms with E-state index in [2.05, 4.69) is 27.4 Å². The molecule has 0 unspecified atom stereocenters. The molecule has 3 rings (SSSR count). The first-order valence-corrected chi connectivity index (χ1v) is 6.58. The van der Waals surface area contributed by atoms with E-state index in [1.54, 1.807) is 6.20 Å². The van der Waals surface area contributed by atoms with E-state index < -0.39 is 0 Å². The van der Waals surface area contributed by atoms with Gasteiger partial charge in [-0.25, -0.2) is 9.97 Å². The van der Waals surface area contributed by atoms with Crippen molar-refractivity contribution in [1.29, 1.82) is 0 Å². The van der Waals surface area contributed by atoms with Crippen LogP contribution in [0.3, 0.4) is 0 Å². The Morgan fingerprint density at radius 3 is 2.25 bits per heavy atom. The maximum Gasteiger partial charge on any atom is 0.227 e. The maximum absolute atomic E-state index is 4.54. The number of benzene rings is 2. The standard InChI is InChI=1S/C17H15N3/c1-3-7-14(8-4-1)13-16-11-12-18-17(20-16)19-15-9-5-2-6-10-15/h1-12H,13H2,(H,18,19,20). The molecule has 0 saturated carbocycles. The quantitative estimate of drug-likeness (QED) is 0.776. The van der Waals surface area contributed by atoms with Crippen LogP contribution in [0.25, 0.3) is 0 Å². The first-order chi connectivity index (χ1) is 9.90.